The molecule has 0 atom stereocenters. The maximum Gasteiger partial charge on any atom is 0.0442 e. The molecule has 41 heavy (non-hydrogen) atoms. The van der Waals surface area contributed by atoms with Crippen LogP contribution in [0.3, 0.4) is 0 Å². The van der Waals surface area contributed by atoms with Gasteiger partial charge < -0.3 is 0 Å². The van der Waals surface area contributed by atoms with Crippen molar-refractivity contribution in [2.45, 2.75) is 0 Å². The SMILES string of the molecule is C#Cc1c(-c2ccsc2)sc(-c2ccsc2)c1C#C.[Cl][Pt][Cl].c1cc2c(ccc3c4ccc5sccc5c4sc23)s1. The molecule has 204 valence electrons. The minimum atomic E-state index is -0.472. The van der Waals surface area contributed by atoms with Crippen molar-refractivity contribution in [1.82, 2.24) is 0 Å². The van der Waals surface area contributed by atoms with Gasteiger partial charge in [-0.05, 0) is 68.7 Å². The van der Waals surface area contributed by atoms with Gasteiger partial charge in [-0.2, -0.15) is 22.7 Å². The molecule has 0 aliphatic heterocycles. The minimum Gasteiger partial charge on any atom is -0.144 e. The third-order valence-electron chi connectivity index (χ3n) is 6.43. The first-order chi connectivity index (χ1) is 20.2. The molecule has 0 unspecified atom stereocenters. The largest absolute Gasteiger partial charge is 0.144 e. The zero-order valence-electron chi connectivity index (χ0n) is 20.8. The number of fused-ring (bicyclic) bond motifs is 7. The number of benzene rings is 2. The van der Waals surface area contributed by atoms with Gasteiger partial charge in [-0.15, -0.1) is 58.2 Å². The predicted molar refractivity (Wildman–Crippen MR) is 189 cm³/mol. The summed E-state index contributed by atoms with van der Waals surface area (Å²) < 4.78 is 5.65. The first kappa shape index (κ1) is 29.2. The predicted octanol–water partition coefficient (Wildman–Crippen LogP) is 13.0. The van der Waals surface area contributed by atoms with E-state index >= 15 is 0 Å². The molecule has 0 radical (unpaired) electrons. The van der Waals surface area contributed by atoms with Crippen LogP contribution in [-0.2, 0) is 16.5 Å². The first-order valence-electron chi connectivity index (χ1n) is 11.8. The van der Waals surface area contributed by atoms with Crippen LogP contribution in [0.5, 0.6) is 0 Å². The minimum absolute atomic E-state index is 0.472. The van der Waals surface area contributed by atoms with Crippen LogP contribution in [0.1, 0.15) is 11.1 Å². The fourth-order valence-electron chi connectivity index (χ4n) is 4.68. The van der Waals surface area contributed by atoms with Gasteiger partial charge >= 0.3 is 35.3 Å². The summed E-state index contributed by atoms with van der Waals surface area (Å²) >= 11 is 10.1. The van der Waals surface area contributed by atoms with E-state index in [-0.39, 0.29) is 0 Å². The van der Waals surface area contributed by atoms with E-state index < -0.39 is 16.5 Å². The van der Waals surface area contributed by atoms with Crippen molar-refractivity contribution < 1.29 is 16.5 Å². The molecule has 0 N–H and O–H groups in total. The number of halogens is 2. The van der Waals surface area contributed by atoms with Gasteiger partial charge in [0.1, 0.15) is 0 Å². The van der Waals surface area contributed by atoms with Gasteiger partial charge in [-0.3, -0.25) is 0 Å². The van der Waals surface area contributed by atoms with Gasteiger partial charge in [0.05, 0.1) is 20.9 Å². The van der Waals surface area contributed by atoms with Crippen LogP contribution < -0.4 is 0 Å². The zero-order chi connectivity index (χ0) is 28.3. The first-order valence-corrected chi connectivity index (χ1v) is 22.8. The molecule has 6 aromatic heterocycles. The van der Waals surface area contributed by atoms with E-state index in [0.717, 1.165) is 32.0 Å². The van der Waals surface area contributed by atoms with E-state index in [1.165, 1.54) is 40.3 Å². The maximum atomic E-state index is 5.67. The van der Waals surface area contributed by atoms with Gasteiger partial charge in [-0.1, -0.05) is 24.0 Å². The van der Waals surface area contributed by atoms with Gasteiger partial charge in [-0.25, -0.2) is 0 Å². The van der Waals surface area contributed by atoms with E-state index in [9.17, 15) is 0 Å². The van der Waals surface area contributed by atoms with E-state index in [1.807, 2.05) is 34.0 Å². The van der Waals surface area contributed by atoms with E-state index in [0.29, 0.717) is 0 Å². The van der Waals surface area contributed by atoms with Crippen molar-refractivity contribution in [3.8, 4) is 45.6 Å². The monoisotopic (exact) mass is 857 g/mol. The van der Waals surface area contributed by atoms with Crippen LogP contribution in [0, 0.1) is 24.7 Å². The average Bonchev–Trinajstić information content (AvgIpc) is 3.83. The fraction of sp³-hybridized carbons (Fsp3) is 0. The van der Waals surface area contributed by atoms with Crippen molar-refractivity contribution in [1.29, 1.82) is 0 Å². The van der Waals surface area contributed by atoms with Crippen molar-refractivity contribution in [2.24, 2.45) is 0 Å². The Balaban J connectivity index is 0.000000135. The molecule has 0 amide bonds. The van der Waals surface area contributed by atoms with E-state index in [4.69, 9.17) is 31.7 Å². The topological polar surface area (TPSA) is 0 Å². The van der Waals surface area contributed by atoms with Crippen molar-refractivity contribution >= 4 is 127 Å². The molecule has 8 rings (SSSR count). The standard InChI is InChI=1S/2C16H8S3.2ClH.Pt/c1-3-13-11(5-7-17-13)15-9(1)10-2-4-14-12(6-8-18-14)16(10)19-15;1-3-13-14(4-2)16(12-6-8-18-10-12)19-15(13)11-5-7-17-9-11;;;/h1-8H;1-2,5-10H;2*1H;/q;;;;+2/p-2. The number of hydrogen-bond acceptors (Lipinski definition) is 6. The summed E-state index contributed by atoms with van der Waals surface area (Å²) in [5, 5.41) is 18.3. The molecule has 0 spiro atoms. The summed E-state index contributed by atoms with van der Waals surface area (Å²) in [5.74, 6) is 5.52. The van der Waals surface area contributed by atoms with Crippen molar-refractivity contribution in [3.63, 3.8) is 0 Å². The Hall–Kier alpha value is -1.93. The van der Waals surface area contributed by atoms with Crippen LogP contribution >= 0.6 is 86.9 Å². The van der Waals surface area contributed by atoms with Gasteiger partial charge in [0.25, 0.3) is 0 Å². The Labute approximate surface area is 278 Å². The molecular weight excluding hydrogens is 843 g/mol. The molecular formula is C32H16Cl2PtS6. The van der Waals surface area contributed by atoms with Crippen LogP contribution in [0.2, 0.25) is 0 Å². The normalized spacial score (nSPS) is 10.8. The molecule has 0 aliphatic carbocycles. The number of hydrogen-bond donors (Lipinski definition) is 0. The Morgan fingerprint density at radius 1 is 0.561 bits per heavy atom. The second-order valence-electron chi connectivity index (χ2n) is 8.52. The summed E-state index contributed by atoms with van der Waals surface area (Å²) in [4.78, 5) is 2.19. The van der Waals surface area contributed by atoms with Crippen LogP contribution in [-0.4, -0.2) is 0 Å². The molecule has 6 heterocycles. The summed E-state index contributed by atoms with van der Waals surface area (Å²) in [5.41, 5.74) is 3.99. The van der Waals surface area contributed by atoms with Crippen LogP contribution in [0.25, 0.3) is 61.2 Å². The third kappa shape index (κ3) is 5.60. The van der Waals surface area contributed by atoms with Crippen LogP contribution in [0.15, 0.2) is 80.8 Å². The quantitative estimate of drug-likeness (QED) is 0.152. The molecule has 0 saturated heterocycles. The number of rotatable bonds is 2. The Morgan fingerprint density at radius 2 is 1.02 bits per heavy atom. The molecule has 0 nitrogen and oxygen atoms in total. The number of thiophene rings is 6. The Morgan fingerprint density at radius 3 is 1.41 bits per heavy atom. The molecule has 2 aromatic carbocycles. The third-order valence-corrected chi connectivity index (χ3v) is 12.1. The van der Waals surface area contributed by atoms with Gasteiger partial charge in [0.15, 0.2) is 0 Å². The Kier molecular flexibility index (Phi) is 9.35. The average molecular weight is 859 g/mol. The van der Waals surface area contributed by atoms with Gasteiger partial charge in [0, 0.05) is 51.5 Å². The van der Waals surface area contributed by atoms with Crippen molar-refractivity contribution in [3.05, 3.63) is 91.9 Å². The maximum absolute atomic E-state index is 5.67. The second kappa shape index (κ2) is 13.2. The summed E-state index contributed by atoms with van der Waals surface area (Å²) in [6, 6.07) is 17.7. The van der Waals surface area contributed by atoms with E-state index in [2.05, 4.69) is 92.7 Å². The Bertz CT molecular complexity index is 2030. The van der Waals surface area contributed by atoms with E-state index in [1.54, 1.807) is 34.0 Å². The van der Waals surface area contributed by atoms with Crippen molar-refractivity contribution in [2.75, 3.05) is 0 Å². The molecule has 9 heteroatoms. The van der Waals surface area contributed by atoms with Gasteiger partial charge in [0.2, 0.25) is 0 Å². The fourth-order valence-corrected chi connectivity index (χ4v) is 10.4. The molecule has 8 aromatic rings. The molecule has 0 bridgehead atoms. The van der Waals surface area contributed by atoms with Crippen LogP contribution in [0.4, 0.5) is 0 Å². The summed E-state index contributed by atoms with van der Waals surface area (Å²) in [7, 11) is 9.75. The summed E-state index contributed by atoms with van der Waals surface area (Å²) in [6.45, 7) is 0. The molecule has 0 saturated carbocycles. The smallest absolute Gasteiger partial charge is 0.0442 e. The molecule has 0 aliphatic rings. The number of terminal acetylenes is 2. The second-order valence-corrected chi connectivity index (χ2v) is 17.3. The summed E-state index contributed by atoms with van der Waals surface area (Å²) in [6.07, 6.45) is 11.3. The molecule has 0 fully saturated rings. The zero-order valence-corrected chi connectivity index (χ0v) is 29.4.